The van der Waals surface area contributed by atoms with Crippen LogP contribution in [0.25, 0.3) is 10.2 Å². The molecule has 22 heavy (non-hydrogen) atoms. The summed E-state index contributed by atoms with van der Waals surface area (Å²) in [7, 11) is 0. The summed E-state index contributed by atoms with van der Waals surface area (Å²) in [5, 5.41) is 20.2. The Morgan fingerprint density at radius 2 is 2.14 bits per heavy atom. The van der Waals surface area contributed by atoms with Crippen LogP contribution in [0.15, 0.2) is 26.9 Å². The molecule has 0 saturated heterocycles. The zero-order valence-electron chi connectivity index (χ0n) is 11.7. The zero-order chi connectivity index (χ0) is 15.5. The van der Waals surface area contributed by atoms with Crippen LogP contribution >= 0.6 is 34.4 Å². The van der Waals surface area contributed by atoms with Crippen molar-refractivity contribution in [2.24, 2.45) is 0 Å². The van der Waals surface area contributed by atoms with Gasteiger partial charge in [-0.15, -0.1) is 21.5 Å². The number of nitrogens with zero attached hydrogens (tertiary/aromatic N) is 4. The molecule has 0 bridgehead atoms. The predicted molar refractivity (Wildman–Crippen MR) is 88.9 cm³/mol. The average molecular weight is 352 g/mol. The molecular weight excluding hydrogens is 340 g/mol. The minimum absolute atomic E-state index is 0.0884. The number of fused-ring (bicyclic) bond motifs is 1. The van der Waals surface area contributed by atoms with Gasteiger partial charge in [0, 0.05) is 18.6 Å². The Morgan fingerprint density at radius 3 is 2.91 bits per heavy atom. The highest BCUT2D eigenvalue weighted by molar-refractivity contribution is 8.02. The van der Waals surface area contributed by atoms with Crippen molar-refractivity contribution in [2.75, 3.05) is 0 Å². The van der Waals surface area contributed by atoms with Gasteiger partial charge in [-0.25, -0.2) is 4.98 Å². The Labute approximate surface area is 138 Å². The van der Waals surface area contributed by atoms with Gasteiger partial charge in [-0.2, -0.15) is 0 Å². The molecule has 0 radical (unpaired) electrons. The first-order chi connectivity index (χ1) is 10.7. The van der Waals surface area contributed by atoms with Crippen molar-refractivity contribution >= 4 is 50.3 Å². The third-order valence-corrected chi connectivity index (χ3v) is 6.04. The van der Waals surface area contributed by atoms with Crippen LogP contribution in [0.1, 0.15) is 24.8 Å². The second kappa shape index (κ2) is 6.67. The summed E-state index contributed by atoms with van der Waals surface area (Å²) in [6, 6.07) is 4.72. The second-order valence-electron chi connectivity index (χ2n) is 4.56. The number of hydrogen-bond donors (Lipinski definition) is 0. The van der Waals surface area contributed by atoms with E-state index in [1.54, 1.807) is 23.5 Å². The van der Waals surface area contributed by atoms with Crippen LogP contribution in [-0.2, 0) is 6.42 Å². The number of benzene rings is 1. The third-order valence-electron chi connectivity index (χ3n) is 2.93. The molecule has 0 unspecified atom stereocenters. The summed E-state index contributed by atoms with van der Waals surface area (Å²) in [5.74, 6) is 0. The lowest BCUT2D eigenvalue weighted by Gasteiger charge is -1.89. The second-order valence-corrected chi connectivity index (χ2v) is 8.14. The van der Waals surface area contributed by atoms with Gasteiger partial charge in [-0.1, -0.05) is 24.7 Å². The fraction of sp³-hybridized carbons (Fsp3) is 0.308. The first-order valence-corrected chi connectivity index (χ1v) is 9.16. The molecular formula is C13H12N4O2S3. The third kappa shape index (κ3) is 3.42. The van der Waals surface area contributed by atoms with Gasteiger partial charge in [-0.3, -0.25) is 10.1 Å². The van der Waals surface area contributed by atoms with Crippen LogP contribution < -0.4 is 0 Å². The molecule has 114 valence electrons. The molecule has 0 amide bonds. The van der Waals surface area contributed by atoms with Crippen molar-refractivity contribution in [1.82, 2.24) is 15.2 Å². The minimum atomic E-state index is -0.392. The summed E-state index contributed by atoms with van der Waals surface area (Å²) < 4.78 is 2.50. The van der Waals surface area contributed by atoms with Gasteiger partial charge in [0.25, 0.3) is 5.69 Å². The smallest absolute Gasteiger partial charge is 0.258 e. The number of unbranched alkanes of at least 4 members (excludes halogenated alkanes) is 1. The molecule has 2 aromatic heterocycles. The van der Waals surface area contributed by atoms with Gasteiger partial charge in [-0.05, 0) is 24.2 Å². The maximum atomic E-state index is 10.8. The number of aryl methyl sites for hydroxylation is 1. The van der Waals surface area contributed by atoms with E-state index in [-0.39, 0.29) is 5.69 Å². The number of hydrogen-bond acceptors (Lipinski definition) is 8. The molecule has 0 saturated carbocycles. The lowest BCUT2D eigenvalue weighted by molar-refractivity contribution is -0.384. The van der Waals surface area contributed by atoms with E-state index in [4.69, 9.17) is 0 Å². The molecule has 0 aliphatic rings. The average Bonchev–Trinajstić information content (AvgIpc) is 3.10. The molecule has 3 aromatic rings. The van der Waals surface area contributed by atoms with Crippen LogP contribution in [0.2, 0.25) is 0 Å². The molecule has 0 N–H and O–H groups in total. The fourth-order valence-electron chi connectivity index (χ4n) is 1.83. The lowest BCUT2D eigenvalue weighted by atomic mass is 10.3. The molecule has 1 aromatic carbocycles. The van der Waals surface area contributed by atoms with Crippen molar-refractivity contribution < 1.29 is 4.92 Å². The van der Waals surface area contributed by atoms with Crippen molar-refractivity contribution in [3.05, 3.63) is 33.3 Å². The molecule has 0 atom stereocenters. The van der Waals surface area contributed by atoms with Gasteiger partial charge in [0.15, 0.2) is 8.68 Å². The molecule has 0 aliphatic heterocycles. The van der Waals surface area contributed by atoms with Crippen molar-refractivity contribution in [1.29, 1.82) is 0 Å². The zero-order valence-corrected chi connectivity index (χ0v) is 14.1. The molecule has 0 spiro atoms. The first-order valence-electron chi connectivity index (χ1n) is 6.71. The van der Waals surface area contributed by atoms with Crippen molar-refractivity contribution in [3.8, 4) is 0 Å². The number of rotatable bonds is 6. The van der Waals surface area contributed by atoms with Crippen LogP contribution in [0.3, 0.4) is 0 Å². The number of nitro benzene ring substituents is 1. The van der Waals surface area contributed by atoms with Gasteiger partial charge in [0.05, 0.1) is 15.1 Å². The van der Waals surface area contributed by atoms with Gasteiger partial charge < -0.3 is 0 Å². The molecule has 0 fully saturated rings. The van der Waals surface area contributed by atoms with E-state index in [0.29, 0.717) is 0 Å². The van der Waals surface area contributed by atoms with E-state index < -0.39 is 4.92 Å². The highest BCUT2D eigenvalue weighted by Gasteiger charge is 2.13. The van der Waals surface area contributed by atoms with Gasteiger partial charge in [0.2, 0.25) is 0 Å². The normalized spacial score (nSPS) is 11.1. The predicted octanol–water partition coefficient (Wildman–Crippen LogP) is 4.55. The number of aromatic nitrogens is 3. The molecule has 9 heteroatoms. The Bertz CT molecular complexity index is 815. The standard InChI is InChI=1S/C13H12N4O2S3/c1-2-3-4-11-15-16-13(21-11)22-12-14-9-6-5-8(17(18)19)7-10(9)20-12/h5-7H,2-4H2,1H3. The number of nitro groups is 1. The summed E-state index contributed by atoms with van der Waals surface area (Å²) in [6.45, 7) is 2.15. The first kappa shape index (κ1) is 15.3. The van der Waals surface area contributed by atoms with E-state index in [1.807, 2.05) is 0 Å². The Morgan fingerprint density at radius 1 is 1.27 bits per heavy atom. The summed E-state index contributed by atoms with van der Waals surface area (Å²) in [5.41, 5.74) is 0.860. The van der Waals surface area contributed by atoms with Crippen LogP contribution in [0.4, 0.5) is 5.69 Å². The minimum Gasteiger partial charge on any atom is -0.258 e. The fourth-order valence-corrected chi connectivity index (χ4v) is 5.07. The summed E-state index contributed by atoms with van der Waals surface area (Å²) >= 11 is 4.49. The summed E-state index contributed by atoms with van der Waals surface area (Å²) in [4.78, 5) is 14.9. The van der Waals surface area contributed by atoms with Crippen molar-refractivity contribution in [3.63, 3.8) is 0 Å². The number of non-ortho nitro benzene ring substituents is 1. The van der Waals surface area contributed by atoms with Crippen molar-refractivity contribution in [2.45, 2.75) is 34.9 Å². The molecule has 2 heterocycles. The van der Waals surface area contributed by atoms with E-state index in [9.17, 15) is 10.1 Å². The number of thiazole rings is 1. The maximum absolute atomic E-state index is 10.8. The Balaban J connectivity index is 1.78. The highest BCUT2D eigenvalue weighted by atomic mass is 32.2. The Kier molecular flexibility index (Phi) is 4.65. The maximum Gasteiger partial charge on any atom is 0.270 e. The van der Waals surface area contributed by atoms with Gasteiger partial charge in [0.1, 0.15) is 5.01 Å². The molecule has 6 nitrogen and oxygen atoms in total. The van der Waals surface area contributed by atoms with Crippen LogP contribution in [0.5, 0.6) is 0 Å². The lowest BCUT2D eigenvalue weighted by Crippen LogP contribution is -1.85. The van der Waals surface area contributed by atoms with E-state index in [1.165, 1.54) is 29.2 Å². The topological polar surface area (TPSA) is 81.8 Å². The van der Waals surface area contributed by atoms with E-state index >= 15 is 0 Å². The monoisotopic (exact) mass is 352 g/mol. The highest BCUT2D eigenvalue weighted by Crippen LogP contribution is 2.36. The van der Waals surface area contributed by atoms with E-state index in [0.717, 1.165) is 43.2 Å². The van der Waals surface area contributed by atoms with E-state index in [2.05, 4.69) is 22.1 Å². The van der Waals surface area contributed by atoms with Crippen LogP contribution in [0, 0.1) is 10.1 Å². The van der Waals surface area contributed by atoms with Crippen LogP contribution in [-0.4, -0.2) is 20.1 Å². The molecule has 0 aliphatic carbocycles. The summed E-state index contributed by atoms with van der Waals surface area (Å²) in [6.07, 6.45) is 3.21. The Hall–Kier alpha value is -1.58. The quantitative estimate of drug-likeness (QED) is 0.478. The van der Waals surface area contributed by atoms with Gasteiger partial charge >= 0.3 is 0 Å². The SMILES string of the molecule is CCCCc1nnc(Sc2nc3ccc([N+](=O)[O-])cc3s2)s1. The molecule has 3 rings (SSSR count). The largest absolute Gasteiger partial charge is 0.270 e.